The number of H-pyrrole nitrogens is 1. The van der Waals surface area contributed by atoms with Gasteiger partial charge in [0.2, 0.25) is 11.7 Å². The quantitative estimate of drug-likeness (QED) is 0.831. The van der Waals surface area contributed by atoms with Crippen molar-refractivity contribution in [2.24, 2.45) is 11.8 Å². The molecule has 1 aromatic heterocycles. The number of hydrogen-bond acceptors (Lipinski definition) is 5. The van der Waals surface area contributed by atoms with E-state index in [1.54, 1.807) is 0 Å². The van der Waals surface area contributed by atoms with Gasteiger partial charge in [0.1, 0.15) is 0 Å². The minimum absolute atomic E-state index is 0.184. The predicted octanol–water partition coefficient (Wildman–Crippen LogP) is 0.0445. The van der Waals surface area contributed by atoms with Crippen LogP contribution in [0.25, 0.3) is 11.4 Å². The number of carbonyl (C=O) groups is 1. The van der Waals surface area contributed by atoms with Crippen molar-refractivity contribution in [1.82, 2.24) is 30.8 Å². The summed E-state index contributed by atoms with van der Waals surface area (Å²) >= 11 is 0. The van der Waals surface area contributed by atoms with Crippen LogP contribution in [0, 0.1) is 11.8 Å². The van der Waals surface area contributed by atoms with Crippen LogP contribution in [0.1, 0.15) is 5.56 Å². The molecule has 7 nitrogen and oxygen atoms in total. The van der Waals surface area contributed by atoms with Crippen molar-refractivity contribution >= 4 is 5.91 Å². The van der Waals surface area contributed by atoms with Crippen molar-refractivity contribution in [3.05, 3.63) is 29.8 Å². The molecule has 0 aliphatic carbocycles. The third-order valence-electron chi connectivity index (χ3n) is 4.36. The number of likely N-dealkylation sites (tertiary alicyclic amines) is 1. The van der Waals surface area contributed by atoms with E-state index in [0.717, 1.165) is 31.7 Å². The largest absolute Gasteiger partial charge is 0.355 e. The molecule has 2 fully saturated rings. The second-order valence-electron chi connectivity index (χ2n) is 5.74. The number of amides is 1. The van der Waals surface area contributed by atoms with Gasteiger partial charge in [0.15, 0.2) is 0 Å². The highest BCUT2D eigenvalue weighted by atomic mass is 16.2. The molecule has 2 N–H and O–H groups in total. The van der Waals surface area contributed by atoms with Gasteiger partial charge >= 0.3 is 0 Å². The maximum Gasteiger partial charge on any atom is 0.224 e. The van der Waals surface area contributed by atoms with Crippen LogP contribution in [0.2, 0.25) is 0 Å². The number of aromatic amines is 1. The average molecular weight is 284 g/mol. The first-order valence-electron chi connectivity index (χ1n) is 7.12. The van der Waals surface area contributed by atoms with Crippen LogP contribution >= 0.6 is 0 Å². The first-order valence-corrected chi connectivity index (χ1v) is 7.12. The summed E-state index contributed by atoms with van der Waals surface area (Å²) in [5.41, 5.74) is 2.19. The van der Waals surface area contributed by atoms with Crippen LogP contribution in [0.3, 0.4) is 0 Å². The van der Waals surface area contributed by atoms with E-state index in [2.05, 4.69) is 43.0 Å². The van der Waals surface area contributed by atoms with Gasteiger partial charge in [0.25, 0.3) is 0 Å². The molecule has 0 bridgehead atoms. The smallest absolute Gasteiger partial charge is 0.224 e. The van der Waals surface area contributed by atoms with Crippen molar-refractivity contribution in [3.63, 3.8) is 0 Å². The lowest BCUT2D eigenvalue weighted by Gasteiger charge is -2.16. The fourth-order valence-electron chi connectivity index (χ4n) is 3.26. The maximum atomic E-state index is 11.7. The normalized spacial score (nSPS) is 25.0. The van der Waals surface area contributed by atoms with Crippen molar-refractivity contribution < 1.29 is 4.79 Å². The number of aromatic nitrogens is 4. The van der Waals surface area contributed by atoms with Gasteiger partial charge in [0, 0.05) is 37.7 Å². The summed E-state index contributed by atoms with van der Waals surface area (Å²) in [7, 11) is 0. The Bertz CT molecular complexity index is 638. The zero-order valence-electron chi connectivity index (χ0n) is 11.5. The van der Waals surface area contributed by atoms with Gasteiger partial charge in [-0.1, -0.05) is 24.3 Å². The Morgan fingerprint density at radius 3 is 2.81 bits per heavy atom. The van der Waals surface area contributed by atoms with E-state index in [1.165, 1.54) is 5.56 Å². The number of nitrogens with zero attached hydrogens (tertiary/aromatic N) is 4. The number of nitrogens with one attached hydrogen (secondary N) is 2. The van der Waals surface area contributed by atoms with Crippen LogP contribution in [0.4, 0.5) is 0 Å². The highest BCUT2D eigenvalue weighted by molar-refractivity contribution is 5.81. The Labute approximate surface area is 121 Å². The molecule has 2 aliphatic heterocycles. The summed E-state index contributed by atoms with van der Waals surface area (Å²) in [6, 6.07) is 8.17. The standard InChI is InChI=1S/C14H16N6O/c21-14-12-8-20(7-11(12)5-15-14)6-9-1-3-10(4-2-9)13-16-18-19-17-13/h1-4,11-12H,5-8H2,(H,15,21)(H,16,17,18,19)/t11-,12+/m0/s1. The Hall–Kier alpha value is -2.28. The highest BCUT2D eigenvalue weighted by Crippen LogP contribution is 2.28. The van der Waals surface area contributed by atoms with E-state index in [9.17, 15) is 4.79 Å². The van der Waals surface area contributed by atoms with Crippen molar-refractivity contribution in [1.29, 1.82) is 0 Å². The van der Waals surface area contributed by atoms with Gasteiger partial charge in [-0.05, 0) is 10.8 Å². The fourth-order valence-corrected chi connectivity index (χ4v) is 3.26. The number of rotatable bonds is 3. The summed E-state index contributed by atoms with van der Waals surface area (Å²) < 4.78 is 0. The van der Waals surface area contributed by atoms with E-state index in [0.29, 0.717) is 11.7 Å². The molecule has 108 valence electrons. The topological polar surface area (TPSA) is 86.8 Å². The molecule has 2 saturated heterocycles. The number of tetrazole rings is 1. The second kappa shape index (κ2) is 4.92. The van der Waals surface area contributed by atoms with E-state index in [1.807, 2.05) is 12.1 Å². The van der Waals surface area contributed by atoms with Crippen LogP contribution < -0.4 is 5.32 Å². The molecule has 2 atom stereocenters. The van der Waals surface area contributed by atoms with Crippen LogP contribution in [0.5, 0.6) is 0 Å². The number of fused-ring (bicyclic) bond motifs is 1. The summed E-state index contributed by atoms with van der Waals surface area (Å²) in [5, 5.41) is 16.9. The lowest BCUT2D eigenvalue weighted by molar-refractivity contribution is -0.122. The number of carbonyl (C=O) groups excluding carboxylic acids is 1. The van der Waals surface area contributed by atoms with E-state index < -0.39 is 0 Å². The van der Waals surface area contributed by atoms with E-state index in [4.69, 9.17) is 0 Å². The van der Waals surface area contributed by atoms with Gasteiger partial charge in [-0.15, -0.1) is 10.2 Å². The fraction of sp³-hybridized carbons (Fsp3) is 0.429. The van der Waals surface area contributed by atoms with E-state index >= 15 is 0 Å². The minimum Gasteiger partial charge on any atom is -0.355 e. The summed E-state index contributed by atoms with van der Waals surface area (Å²) in [4.78, 5) is 14.0. The molecule has 7 heteroatoms. The first kappa shape index (κ1) is 12.5. The summed E-state index contributed by atoms with van der Waals surface area (Å²) in [6.45, 7) is 3.57. The molecule has 0 unspecified atom stereocenters. The van der Waals surface area contributed by atoms with Gasteiger partial charge in [-0.25, -0.2) is 0 Å². The Balaban J connectivity index is 1.43. The molecule has 2 aromatic rings. The third-order valence-corrected chi connectivity index (χ3v) is 4.36. The molecule has 1 aromatic carbocycles. The summed E-state index contributed by atoms with van der Waals surface area (Å²) in [5.74, 6) is 1.49. The maximum absolute atomic E-state index is 11.7. The minimum atomic E-state index is 0.184. The van der Waals surface area contributed by atoms with Crippen molar-refractivity contribution in [2.75, 3.05) is 19.6 Å². The first-order chi connectivity index (χ1) is 10.3. The molecule has 0 saturated carbocycles. The molecule has 4 rings (SSSR count). The van der Waals surface area contributed by atoms with Gasteiger partial charge in [-0.2, -0.15) is 5.21 Å². The molecule has 3 heterocycles. The average Bonchev–Trinajstić information content (AvgIpc) is 3.20. The number of hydrogen-bond donors (Lipinski definition) is 2. The molecule has 1 amide bonds. The Morgan fingerprint density at radius 2 is 2.10 bits per heavy atom. The monoisotopic (exact) mass is 284 g/mol. The zero-order valence-corrected chi connectivity index (χ0v) is 11.5. The van der Waals surface area contributed by atoms with Crippen molar-refractivity contribution in [3.8, 4) is 11.4 Å². The lowest BCUT2D eigenvalue weighted by Crippen LogP contribution is -2.28. The Kier molecular flexibility index (Phi) is 2.92. The van der Waals surface area contributed by atoms with Gasteiger partial charge in [-0.3, -0.25) is 9.69 Å². The molecular formula is C14H16N6O. The Morgan fingerprint density at radius 1 is 1.24 bits per heavy atom. The lowest BCUT2D eigenvalue weighted by atomic mass is 10.0. The second-order valence-corrected chi connectivity index (χ2v) is 5.74. The van der Waals surface area contributed by atoms with Gasteiger partial charge in [0.05, 0.1) is 5.92 Å². The SMILES string of the molecule is O=C1NC[C@H]2CN(Cc3ccc(-c4nn[nH]n4)cc3)C[C@@H]12. The van der Waals surface area contributed by atoms with Crippen LogP contribution in [-0.2, 0) is 11.3 Å². The third kappa shape index (κ3) is 2.29. The summed E-state index contributed by atoms with van der Waals surface area (Å²) in [6.07, 6.45) is 0. The molecule has 0 spiro atoms. The van der Waals surface area contributed by atoms with Crippen molar-refractivity contribution in [2.45, 2.75) is 6.54 Å². The number of benzene rings is 1. The van der Waals surface area contributed by atoms with E-state index in [-0.39, 0.29) is 11.8 Å². The molecule has 0 radical (unpaired) electrons. The predicted molar refractivity (Wildman–Crippen MR) is 74.9 cm³/mol. The highest BCUT2D eigenvalue weighted by Gasteiger charge is 2.41. The molecule has 2 aliphatic rings. The van der Waals surface area contributed by atoms with Gasteiger partial charge < -0.3 is 5.32 Å². The molecular weight excluding hydrogens is 268 g/mol. The van der Waals surface area contributed by atoms with Crippen LogP contribution in [-0.4, -0.2) is 51.1 Å². The molecule has 21 heavy (non-hydrogen) atoms. The van der Waals surface area contributed by atoms with Crippen LogP contribution in [0.15, 0.2) is 24.3 Å². The zero-order chi connectivity index (χ0) is 14.2.